The van der Waals surface area contributed by atoms with Crippen molar-refractivity contribution < 1.29 is 19.1 Å². The molecule has 0 aromatic rings. The molecule has 0 aromatic heterocycles. The Hall–Kier alpha value is -2.38. The number of aliphatic imine (C=N–C) groups is 1. The summed E-state index contributed by atoms with van der Waals surface area (Å²) in [6, 6.07) is 2.08. The SMILES string of the molecule is CSC(=S)/C(C#N)=C1\NC2=NCC(C)(C)CN2C(C(=O)OC(C)(C)C)=C1C(=O)OC(C)(C)C. The average molecular weight is 493 g/mol. The van der Waals surface area contributed by atoms with Gasteiger partial charge in [0.1, 0.15) is 34.1 Å². The number of thioether (sulfide) groups is 1. The van der Waals surface area contributed by atoms with E-state index in [2.05, 4.69) is 16.4 Å². The van der Waals surface area contributed by atoms with Crippen LogP contribution in [-0.4, -0.2) is 57.5 Å². The molecule has 0 saturated heterocycles. The fourth-order valence-electron chi connectivity index (χ4n) is 3.21. The third kappa shape index (κ3) is 6.58. The highest BCUT2D eigenvalue weighted by Gasteiger charge is 2.44. The van der Waals surface area contributed by atoms with E-state index in [9.17, 15) is 14.9 Å². The van der Waals surface area contributed by atoms with Crippen molar-refractivity contribution in [3.8, 4) is 6.07 Å². The van der Waals surface area contributed by atoms with E-state index in [-0.39, 0.29) is 32.2 Å². The Balaban J connectivity index is 2.92. The summed E-state index contributed by atoms with van der Waals surface area (Å²) in [6.07, 6.45) is 1.74. The van der Waals surface area contributed by atoms with Crippen LogP contribution < -0.4 is 5.32 Å². The molecule has 0 saturated carbocycles. The van der Waals surface area contributed by atoms with Crippen LogP contribution in [0.4, 0.5) is 0 Å². The van der Waals surface area contributed by atoms with E-state index >= 15 is 0 Å². The van der Waals surface area contributed by atoms with E-state index in [1.165, 1.54) is 11.8 Å². The summed E-state index contributed by atoms with van der Waals surface area (Å²) >= 11 is 6.57. The first kappa shape index (κ1) is 26.9. The number of rotatable bonds is 3. The molecule has 0 radical (unpaired) electrons. The van der Waals surface area contributed by atoms with Gasteiger partial charge in [0.2, 0.25) is 5.96 Å². The van der Waals surface area contributed by atoms with Gasteiger partial charge in [-0.2, -0.15) is 5.26 Å². The van der Waals surface area contributed by atoms with Crippen LogP contribution in [0.15, 0.2) is 27.5 Å². The first-order valence-corrected chi connectivity index (χ1v) is 12.2. The number of thiocarbonyl (C=S) groups is 1. The van der Waals surface area contributed by atoms with Crippen molar-refractivity contribution in [1.29, 1.82) is 5.26 Å². The molecule has 0 unspecified atom stereocenters. The number of nitrogens with zero attached hydrogens (tertiary/aromatic N) is 3. The number of nitrogens with one attached hydrogen (secondary N) is 1. The first-order chi connectivity index (χ1) is 15.0. The lowest BCUT2D eigenvalue weighted by molar-refractivity contribution is -0.154. The monoisotopic (exact) mass is 492 g/mol. The zero-order valence-electron chi connectivity index (χ0n) is 20.7. The van der Waals surface area contributed by atoms with Gasteiger partial charge in [-0.25, -0.2) is 9.59 Å². The lowest BCUT2D eigenvalue weighted by Crippen LogP contribution is -2.55. The van der Waals surface area contributed by atoms with E-state index in [0.717, 1.165) is 0 Å². The molecule has 2 aliphatic rings. The van der Waals surface area contributed by atoms with Crippen molar-refractivity contribution in [2.75, 3.05) is 19.3 Å². The lowest BCUT2D eigenvalue weighted by atomic mass is 9.90. The molecule has 8 nitrogen and oxygen atoms in total. The van der Waals surface area contributed by atoms with Crippen molar-refractivity contribution in [2.24, 2.45) is 10.4 Å². The minimum absolute atomic E-state index is 0.0175. The van der Waals surface area contributed by atoms with Crippen LogP contribution in [0.2, 0.25) is 0 Å². The summed E-state index contributed by atoms with van der Waals surface area (Å²) in [5.41, 5.74) is -1.87. The van der Waals surface area contributed by atoms with Crippen LogP contribution in [0.1, 0.15) is 55.4 Å². The smallest absolute Gasteiger partial charge is 0.356 e. The van der Waals surface area contributed by atoms with Crippen LogP contribution in [0, 0.1) is 16.7 Å². The second-order valence-corrected chi connectivity index (χ2v) is 12.1. The molecule has 0 aromatic carbocycles. The molecule has 2 aliphatic heterocycles. The molecule has 0 atom stereocenters. The van der Waals surface area contributed by atoms with Crippen LogP contribution in [0.3, 0.4) is 0 Å². The Morgan fingerprint density at radius 1 is 1.15 bits per heavy atom. The number of hydrogen-bond donors (Lipinski definition) is 1. The van der Waals surface area contributed by atoms with Gasteiger partial charge in [0, 0.05) is 18.5 Å². The van der Waals surface area contributed by atoms with E-state index in [0.29, 0.717) is 19.0 Å². The summed E-state index contributed by atoms with van der Waals surface area (Å²) in [7, 11) is 0. The predicted molar refractivity (Wildman–Crippen MR) is 133 cm³/mol. The molecule has 0 aliphatic carbocycles. The van der Waals surface area contributed by atoms with Crippen LogP contribution in [0.5, 0.6) is 0 Å². The van der Waals surface area contributed by atoms with Gasteiger partial charge in [0.05, 0.1) is 9.89 Å². The van der Waals surface area contributed by atoms with E-state index in [1.807, 2.05) is 13.8 Å². The van der Waals surface area contributed by atoms with Gasteiger partial charge in [-0.1, -0.05) is 26.1 Å². The zero-order valence-corrected chi connectivity index (χ0v) is 22.3. The fourth-order valence-corrected chi connectivity index (χ4v) is 3.71. The summed E-state index contributed by atoms with van der Waals surface area (Å²) in [5, 5.41) is 13.0. The summed E-state index contributed by atoms with van der Waals surface area (Å²) in [5.74, 6) is -1.11. The van der Waals surface area contributed by atoms with E-state index in [1.54, 1.807) is 52.7 Å². The molecular weight excluding hydrogens is 460 g/mol. The van der Waals surface area contributed by atoms with Crippen LogP contribution >= 0.6 is 24.0 Å². The number of hydrogen-bond acceptors (Lipinski definition) is 10. The number of guanidine groups is 1. The van der Waals surface area contributed by atoms with Gasteiger partial charge in [-0.05, 0) is 47.8 Å². The van der Waals surface area contributed by atoms with Gasteiger partial charge >= 0.3 is 11.9 Å². The summed E-state index contributed by atoms with van der Waals surface area (Å²) in [4.78, 5) is 33.2. The maximum Gasteiger partial charge on any atom is 0.356 e. The highest BCUT2D eigenvalue weighted by Crippen LogP contribution is 2.35. The molecule has 0 amide bonds. The number of ether oxygens (including phenoxy) is 2. The predicted octanol–water partition coefficient (Wildman–Crippen LogP) is 3.69. The molecule has 180 valence electrons. The van der Waals surface area contributed by atoms with E-state index < -0.39 is 23.1 Å². The average Bonchev–Trinajstić information content (AvgIpc) is 2.64. The number of fused-ring (bicyclic) bond motifs is 1. The van der Waals surface area contributed by atoms with Gasteiger partial charge < -0.3 is 19.7 Å². The largest absolute Gasteiger partial charge is 0.456 e. The van der Waals surface area contributed by atoms with Gasteiger partial charge in [0.15, 0.2) is 0 Å². The Morgan fingerprint density at radius 3 is 2.18 bits per heavy atom. The first-order valence-electron chi connectivity index (χ1n) is 10.5. The number of carbonyl (C=O) groups is 2. The normalized spacial score (nSPS) is 19.5. The molecule has 0 fully saturated rings. The summed E-state index contributed by atoms with van der Waals surface area (Å²) in [6.45, 7) is 15.4. The lowest BCUT2D eigenvalue weighted by Gasteiger charge is -2.43. The van der Waals surface area contributed by atoms with Crippen molar-refractivity contribution in [1.82, 2.24) is 10.2 Å². The van der Waals surface area contributed by atoms with Gasteiger partial charge in [0.25, 0.3) is 0 Å². The van der Waals surface area contributed by atoms with Crippen LogP contribution in [0.25, 0.3) is 0 Å². The third-order valence-corrected chi connectivity index (χ3v) is 5.72. The van der Waals surface area contributed by atoms with Crippen molar-refractivity contribution in [2.45, 2.75) is 66.6 Å². The van der Waals surface area contributed by atoms with Crippen molar-refractivity contribution in [3.63, 3.8) is 0 Å². The number of nitriles is 1. The Morgan fingerprint density at radius 2 is 1.70 bits per heavy atom. The van der Waals surface area contributed by atoms with Crippen molar-refractivity contribution >= 4 is 46.1 Å². The molecule has 2 heterocycles. The highest BCUT2D eigenvalue weighted by molar-refractivity contribution is 8.23. The van der Waals surface area contributed by atoms with Crippen molar-refractivity contribution in [3.05, 3.63) is 22.5 Å². The second kappa shape index (κ2) is 9.47. The third-order valence-electron chi connectivity index (χ3n) is 4.44. The maximum atomic E-state index is 13.5. The fraction of sp³-hybridized carbons (Fsp3) is 0.609. The molecule has 0 bridgehead atoms. The topological polar surface area (TPSA) is 104 Å². The molecule has 2 rings (SSSR count). The molecule has 0 spiro atoms. The Bertz CT molecular complexity index is 1000. The molecule has 10 heteroatoms. The Kier molecular flexibility index (Phi) is 7.71. The van der Waals surface area contributed by atoms with Gasteiger partial charge in [-0.3, -0.25) is 4.99 Å². The minimum atomic E-state index is -0.837. The quantitative estimate of drug-likeness (QED) is 0.273. The standard InChI is InChI=1S/C23H32N4O4S2/c1-21(2,3)30-17(28)14-15(13(10-24)19(32)33-9)26-20-25-11-23(7,8)12-27(20)16(14)18(29)31-22(4,5)6/h11-12H2,1-9H3,(H,25,26)/b15-13-. The zero-order chi connectivity index (χ0) is 25.4. The van der Waals surface area contributed by atoms with E-state index in [4.69, 9.17) is 21.7 Å². The number of esters is 2. The highest BCUT2D eigenvalue weighted by atomic mass is 32.2. The maximum absolute atomic E-state index is 13.5. The second-order valence-electron chi connectivity index (χ2n) is 10.6. The Labute approximate surface area is 205 Å². The van der Waals surface area contributed by atoms with Gasteiger partial charge in [-0.15, -0.1) is 11.8 Å². The molecule has 1 N–H and O–H groups in total. The summed E-state index contributed by atoms with van der Waals surface area (Å²) < 4.78 is 11.6. The molecule has 33 heavy (non-hydrogen) atoms. The minimum Gasteiger partial charge on any atom is -0.456 e. The molecular formula is C23H32N4O4S2. The number of carbonyl (C=O) groups excluding carboxylic acids is 2. The van der Waals surface area contributed by atoms with Crippen LogP contribution in [-0.2, 0) is 19.1 Å².